The number of methoxy groups -OCH3 is 1. The Bertz CT molecular complexity index is 938. The maximum Gasteiger partial charge on any atom is 0.208 e. The lowest BCUT2D eigenvalue weighted by Gasteiger charge is -2.10. The quantitative estimate of drug-likeness (QED) is 0.553. The second-order valence-electron chi connectivity index (χ2n) is 4.42. The zero-order valence-corrected chi connectivity index (χ0v) is 10.9. The van der Waals surface area contributed by atoms with Crippen LogP contribution in [0.3, 0.4) is 0 Å². The molecule has 0 aliphatic carbocycles. The van der Waals surface area contributed by atoms with E-state index in [0.29, 0.717) is 6.29 Å². The minimum atomic E-state index is -0.583. The number of rotatable bonds is 2. The number of phenolic OH excluding ortho intramolecular Hbond substituents is 2. The smallest absolute Gasteiger partial charge is 0.208 e. The van der Waals surface area contributed by atoms with Crippen molar-refractivity contribution in [1.29, 1.82) is 0 Å². The second kappa shape index (κ2) is 4.52. The summed E-state index contributed by atoms with van der Waals surface area (Å²) in [6.45, 7) is 0. The van der Waals surface area contributed by atoms with Crippen molar-refractivity contribution in [2.45, 2.75) is 0 Å². The normalized spacial score (nSPS) is 10.9. The third kappa shape index (κ3) is 1.73. The first-order chi connectivity index (χ1) is 10.1. The molecule has 0 aliphatic rings. The summed E-state index contributed by atoms with van der Waals surface area (Å²) >= 11 is 0. The van der Waals surface area contributed by atoms with Crippen LogP contribution in [-0.4, -0.2) is 23.6 Å². The number of carbonyl (C=O) groups is 1. The SMILES string of the molecule is COc1c(C=O)cc(O)c2oc3cccc(O)c3c(=O)c12. The Balaban J connectivity index is 2.67. The molecule has 2 N–H and O–H groups in total. The van der Waals surface area contributed by atoms with Gasteiger partial charge in [-0.05, 0) is 18.2 Å². The minimum absolute atomic E-state index is 0.00305. The van der Waals surface area contributed by atoms with Crippen LogP contribution in [0.2, 0.25) is 0 Å². The van der Waals surface area contributed by atoms with Crippen LogP contribution in [0.4, 0.5) is 0 Å². The fraction of sp³-hybridized carbons (Fsp3) is 0.0667. The van der Waals surface area contributed by atoms with Crippen LogP contribution in [0.5, 0.6) is 17.2 Å². The van der Waals surface area contributed by atoms with Crippen LogP contribution in [0.15, 0.2) is 33.5 Å². The number of ether oxygens (including phenoxy) is 1. The van der Waals surface area contributed by atoms with Crippen LogP contribution in [0.25, 0.3) is 21.9 Å². The molecule has 0 spiro atoms. The van der Waals surface area contributed by atoms with E-state index in [2.05, 4.69) is 0 Å². The molecule has 0 saturated heterocycles. The monoisotopic (exact) mass is 286 g/mol. The molecule has 0 amide bonds. The maximum absolute atomic E-state index is 12.6. The number of fused-ring (bicyclic) bond motifs is 2. The van der Waals surface area contributed by atoms with Crippen molar-refractivity contribution in [2.75, 3.05) is 7.11 Å². The van der Waals surface area contributed by atoms with Crippen molar-refractivity contribution in [1.82, 2.24) is 0 Å². The Morgan fingerprint density at radius 2 is 1.95 bits per heavy atom. The molecule has 0 unspecified atom stereocenters. The van der Waals surface area contributed by atoms with Crippen molar-refractivity contribution >= 4 is 28.2 Å². The number of benzene rings is 2. The van der Waals surface area contributed by atoms with E-state index >= 15 is 0 Å². The molecule has 3 rings (SSSR count). The first-order valence-electron chi connectivity index (χ1n) is 6.02. The standard InChI is InChI=1S/C15H10O6/c1-20-14-7(6-16)5-9(18)15-12(14)13(19)11-8(17)3-2-4-10(11)21-15/h2-6,17-18H,1H3. The van der Waals surface area contributed by atoms with Crippen LogP contribution in [0.1, 0.15) is 10.4 Å². The third-order valence-corrected chi connectivity index (χ3v) is 3.24. The molecule has 6 nitrogen and oxygen atoms in total. The van der Waals surface area contributed by atoms with Gasteiger partial charge >= 0.3 is 0 Å². The molecular weight excluding hydrogens is 276 g/mol. The average molecular weight is 286 g/mol. The fourth-order valence-electron chi connectivity index (χ4n) is 2.34. The van der Waals surface area contributed by atoms with Gasteiger partial charge in [0.2, 0.25) is 5.43 Å². The Labute approximate surface area is 117 Å². The Kier molecular flexibility index (Phi) is 2.79. The van der Waals surface area contributed by atoms with E-state index in [-0.39, 0.29) is 44.8 Å². The molecule has 2 aromatic carbocycles. The lowest BCUT2D eigenvalue weighted by atomic mass is 10.1. The molecule has 1 aromatic heterocycles. The third-order valence-electron chi connectivity index (χ3n) is 3.24. The summed E-state index contributed by atoms with van der Waals surface area (Å²) in [6, 6.07) is 5.52. The van der Waals surface area contributed by atoms with Gasteiger partial charge in [-0.15, -0.1) is 0 Å². The summed E-state index contributed by atoms with van der Waals surface area (Å²) in [6.07, 6.45) is 0.465. The van der Waals surface area contributed by atoms with Gasteiger partial charge in [0.05, 0.1) is 12.7 Å². The molecular formula is C15H10O6. The lowest BCUT2D eigenvalue weighted by molar-refractivity contribution is 0.112. The van der Waals surface area contributed by atoms with E-state index in [9.17, 15) is 19.8 Å². The number of aldehydes is 1. The topological polar surface area (TPSA) is 97.0 Å². The van der Waals surface area contributed by atoms with Gasteiger partial charge in [0, 0.05) is 0 Å². The van der Waals surface area contributed by atoms with E-state index in [1.165, 1.54) is 25.3 Å². The molecule has 106 valence electrons. The van der Waals surface area contributed by atoms with Gasteiger partial charge in [-0.2, -0.15) is 0 Å². The fourth-order valence-corrected chi connectivity index (χ4v) is 2.34. The second-order valence-corrected chi connectivity index (χ2v) is 4.42. The van der Waals surface area contributed by atoms with Crippen molar-refractivity contribution in [3.63, 3.8) is 0 Å². The Morgan fingerprint density at radius 3 is 2.62 bits per heavy atom. The number of phenols is 2. The Hall–Kier alpha value is -3.02. The van der Waals surface area contributed by atoms with Crippen LogP contribution >= 0.6 is 0 Å². The van der Waals surface area contributed by atoms with E-state index in [1.54, 1.807) is 0 Å². The first kappa shape index (κ1) is 13.0. The van der Waals surface area contributed by atoms with Crippen molar-refractivity contribution in [2.24, 2.45) is 0 Å². The zero-order valence-electron chi connectivity index (χ0n) is 10.9. The van der Waals surface area contributed by atoms with Crippen LogP contribution in [0, 0.1) is 0 Å². The van der Waals surface area contributed by atoms with Gasteiger partial charge < -0.3 is 19.4 Å². The highest BCUT2D eigenvalue weighted by atomic mass is 16.5. The van der Waals surface area contributed by atoms with Gasteiger partial charge in [-0.25, -0.2) is 0 Å². The zero-order chi connectivity index (χ0) is 15.1. The van der Waals surface area contributed by atoms with Gasteiger partial charge in [0.1, 0.15) is 27.9 Å². The number of hydrogen-bond acceptors (Lipinski definition) is 6. The van der Waals surface area contributed by atoms with E-state index in [0.717, 1.165) is 6.07 Å². The maximum atomic E-state index is 12.6. The molecule has 1 heterocycles. The van der Waals surface area contributed by atoms with E-state index in [4.69, 9.17) is 9.15 Å². The highest BCUT2D eigenvalue weighted by Gasteiger charge is 2.20. The predicted octanol–water partition coefficient (Wildman–Crippen LogP) is 2.18. The summed E-state index contributed by atoms with van der Waals surface area (Å²) in [5.41, 5.74) is -0.533. The Morgan fingerprint density at radius 1 is 1.19 bits per heavy atom. The highest BCUT2D eigenvalue weighted by Crippen LogP contribution is 2.36. The van der Waals surface area contributed by atoms with E-state index in [1.807, 2.05) is 0 Å². The molecule has 3 aromatic rings. The van der Waals surface area contributed by atoms with Gasteiger partial charge in [0.25, 0.3) is 0 Å². The lowest BCUT2D eigenvalue weighted by Crippen LogP contribution is -2.06. The number of hydrogen-bond donors (Lipinski definition) is 2. The van der Waals surface area contributed by atoms with Crippen LogP contribution in [-0.2, 0) is 0 Å². The van der Waals surface area contributed by atoms with Crippen molar-refractivity contribution in [3.8, 4) is 17.2 Å². The van der Waals surface area contributed by atoms with Gasteiger partial charge in [0.15, 0.2) is 17.6 Å². The average Bonchev–Trinajstić information content (AvgIpc) is 2.47. The molecule has 6 heteroatoms. The van der Waals surface area contributed by atoms with Crippen LogP contribution < -0.4 is 10.2 Å². The molecule has 0 aliphatic heterocycles. The predicted molar refractivity (Wildman–Crippen MR) is 75.3 cm³/mol. The first-order valence-corrected chi connectivity index (χ1v) is 6.02. The summed E-state index contributed by atoms with van der Waals surface area (Å²) < 4.78 is 10.6. The van der Waals surface area contributed by atoms with Crippen molar-refractivity contribution < 1.29 is 24.2 Å². The molecule has 0 atom stereocenters. The molecule has 0 bridgehead atoms. The molecule has 0 fully saturated rings. The summed E-state index contributed by atoms with van der Waals surface area (Å²) in [5, 5.41) is 19.7. The van der Waals surface area contributed by atoms with Crippen molar-refractivity contribution in [3.05, 3.63) is 40.1 Å². The number of aromatic hydroxyl groups is 2. The highest BCUT2D eigenvalue weighted by molar-refractivity contribution is 6.02. The molecule has 21 heavy (non-hydrogen) atoms. The molecule has 0 radical (unpaired) electrons. The molecule has 0 saturated carbocycles. The van der Waals surface area contributed by atoms with Gasteiger partial charge in [-0.3, -0.25) is 9.59 Å². The summed E-state index contributed by atoms with van der Waals surface area (Å²) in [5.74, 6) is -0.604. The summed E-state index contributed by atoms with van der Waals surface area (Å²) in [7, 11) is 1.30. The van der Waals surface area contributed by atoms with E-state index < -0.39 is 5.43 Å². The number of carbonyl (C=O) groups excluding carboxylic acids is 1. The largest absolute Gasteiger partial charge is 0.507 e. The van der Waals surface area contributed by atoms with Gasteiger partial charge in [-0.1, -0.05) is 6.07 Å². The minimum Gasteiger partial charge on any atom is -0.507 e. The summed E-state index contributed by atoms with van der Waals surface area (Å²) in [4.78, 5) is 23.6.